The zero-order chi connectivity index (χ0) is 19.1. The van der Waals surface area contributed by atoms with Crippen LogP contribution in [-0.2, 0) is 4.79 Å². The quantitative estimate of drug-likeness (QED) is 0.268. The Morgan fingerprint density at radius 2 is 1.58 bits per heavy atom. The van der Waals surface area contributed by atoms with Crippen LogP contribution in [0.15, 0.2) is 48.5 Å². The van der Waals surface area contributed by atoms with Crippen molar-refractivity contribution in [1.82, 2.24) is 5.32 Å². The number of Topliss-reactive ketones (excluding diaryl/α,β-unsaturated/α-hetero) is 1. The van der Waals surface area contributed by atoms with Gasteiger partial charge in [0.2, 0.25) is 0 Å². The Hall–Kier alpha value is -3.55. The molecule has 0 heterocycles. The van der Waals surface area contributed by atoms with Crippen LogP contribution in [0.2, 0.25) is 0 Å². The fourth-order valence-corrected chi connectivity index (χ4v) is 2.05. The van der Waals surface area contributed by atoms with E-state index < -0.39 is 16.8 Å². The number of ketones is 1. The van der Waals surface area contributed by atoms with E-state index in [0.717, 1.165) is 0 Å². The molecule has 1 amide bonds. The van der Waals surface area contributed by atoms with E-state index in [2.05, 4.69) is 5.32 Å². The lowest BCUT2D eigenvalue weighted by atomic mass is 10.1. The average molecular weight is 356 g/mol. The minimum atomic E-state index is -0.555. The summed E-state index contributed by atoms with van der Waals surface area (Å²) in [5, 5.41) is 13.1. The fourth-order valence-electron chi connectivity index (χ4n) is 2.05. The minimum absolute atomic E-state index is 0.0484. The molecule has 2 aromatic carbocycles. The molecule has 2 rings (SSSR count). The molecule has 0 radical (unpaired) electrons. The molecule has 26 heavy (non-hydrogen) atoms. The van der Waals surface area contributed by atoms with Crippen molar-refractivity contribution in [3.63, 3.8) is 0 Å². The van der Waals surface area contributed by atoms with Crippen molar-refractivity contribution < 1.29 is 24.0 Å². The lowest BCUT2D eigenvalue weighted by molar-refractivity contribution is -0.384. The van der Waals surface area contributed by atoms with Gasteiger partial charge in [-0.2, -0.15) is 0 Å². The largest absolute Gasteiger partial charge is 0.426 e. The van der Waals surface area contributed by atoms with Crippen LogP contribution in [0.4, 0.5) is 5.69 Å². The third-order valence-corrected chi connectivity index (χ3v) is 3.45. The van der Waals surface area contributed by atoms with E-state index >= 15 is 0 Å². The molecule has 0 saturated heterocycles. The predicted octanol–water partition coefficient (Wildman–Crippen LogP) is 2.52. The predicted molar refractivity (Wildman–Crippen MR) is 92.1 cm³/mol. The maximum atomic E-state index is 11.9. The number of nitro groups is 1. The van der Waals surface area contributed by atoms with Crippen LogP contribution in [0.25, 0.3) is 0 Å². The Bertz CT molecular complexity index is 828. The second-order valence-corrected chi connectivity index (χ2v) is 5.36. The van der Waals surface area contributed by atoms with Gasteiger partial charge in [-0.3, -0.25) is 24.5 Å². The summed E-state index contributed by atoms with van der Waals surface area (Å²) in [7, 11) is 0. The number of hydrogen-bond acceptors (Lipinski definition) is 6. The highest BCUT2D eigenvalue weighted by molar-refractivity contribution is 5.95. The number of esters is 1. The van der Waals surface area contributed by atoms with Gasteiger partial charge in [-0.25, -0.2) is 0 Å². The zero-order valence-electron chi connectivity index (χ0n) is 13.9. The van der Waals surface area contributed by atoms with Gasteiger partial charge in [0, 0.05) is 29.8 Å². The monoisotopic (exact) mass is 356 g/mol. The van der Waals surface area contributed by atoms with E-state index in [-0.39, 0.29) is 30.0 Å². The molecule has 8 nitrogen and oxygen atoms in total. The highest BCUT2D eigenvalue weighted by Crippen LogP contribution is 2.13. The van der Waals surface area contributed by atoms with E-state index in [1.54, 1.807) is 12.1 Å². The number of nitrogens with one attached hydrogen (secondary N) is 1. The summed E-state index contributed by atoms with van der Waals surface area (Å²) in [6, 6.07) is 11.3. The van der Waals surface area contributed by atoms with E-state index in [1.165, 1.54) is 43.3 Å². The molecule has 0 aromatic heterocycles. The summed E-state index contributed by atoms with van der Waals surface area (Å²) in [6.07, 6.45) is -0.0484. The van der Waals surface area contributed by atoms with Crippen molar-refractivity contribution in [1.29, 1.82) is 0 Å². The van der Waals surface area contributed by atoms with Gasteiger partial charge in [-0.05, 0) is 43.3 Å². The van der Waals surface area contributed by atoms with Crippen molar-refractivity contribution in [2.45, 2.75) is 13.3 Å². The maximum Gasteiger partial charge on any atom is 0.312 e. The molecule has 0 bridgehead atoms. The number of ether oxygens (including phenoxy) is 1. The molecule has 0 spiro atoms. The molecule has 0 atom stereocenters. The third-order valence-electron chi connectivity index (χ3n) is 3.45. The van der Waals surface area contributed by atoms with Gasteiger partial charge in [0.25, 0.3) is 11.6 Å². The SMILES string of the molecule is CC(=O)c1ccc(OC(=O)CCNC(=O)c2ccc([N+](=O)[O-])cc2)cc1. The van der Waals surface area contributed by atoms with Crippen LogP contribution in [0, 0.1) is 10.1 Å². The zero-order valence-corrected chi connectivity index (χ0v) is 13.9. The Labute approximate surface area is 148 Å². The Balaban J connectivity index is 1.79. The number of nitrogens with zero attached hydrogens (tertiary/aromatic N) is 1. The lowest BCUT2D eigenvalue weighted by Crippen LogP contribution is -2.27. The number of rotatable bonds is 7. The molecule has 1 N–H and O–H groups in total. The summed E-state index contributed by atoms with van der Waals surface area (Å²) in [5.74, 6) is -0.762. The van der Waals surface area contributed by atoms with Crippen LogP contribution < -0.4 is 10.1 Å². The number of non-ortho nitro benzene ring substituents is 1. The molecule has 0 unspecified atom stereocenters. The number of carbonyl (C=O) groups is 3. The molecular weight excluding hydrogens is 340 g/mol. The number of amides is 1. The molecule has 134 valence electrons. The summed E-state index contributed by atoms with van der Waals surface area (Å²) >= 11 is 0. The van der Waals surface area contributed by atoms with Gasteiger partial charge in [0.05, 0.1) is 11.3 Å². The minimum Gasteiger partial charge on any atom is -0.426 e. The topological polar surface area (TPSA) is 116 Å². The van der Waals surface area contributed by atoms with E-state index in [1.807, 2.05) is 0 Å². The molecule has 0 fully saturated rings. The molecular formula is C18H16N2O6. The summed E-state index contributed by atoms with van der Waals surface area (Å²) in [5.41, 5.74) is 0.657. The van der Waals surface area contributed by atoms with Crippen molar-refractivity contribution in [3.8, 4) is 5.75 Å². The molecule has 0 aliphatic rings. The number of hydrogen-bond donors (Lipinski definition) is 1. The third kappa shape index (κ3) is 5.23. The summed E-state index contributed by atoms with van der Waals surface area (Å²) < 4.78 is 5.10. The normalized spacial score (nSPS) is 10.0. The first-order chi connectivity index (χ1) is 12.4. The van der Waals surface area contributed by atoms with Crippen LogP contribution in [0.3, 0.4) is 0 Å². The highest BCUT2D eigenvalue weighted by atomic mass is 16.6. The van der Waals surface area contributed by atoms with E-state index in [0.29, 0.717) is 11.3 Å². The molecule has 0 aliphatic heterocycles. The summed E-state index contributed by atoms with van der Waals surface area (Å²) in [6.45, 7) is 1.49. The number of nitro benzene ring substituents is 1. The summed E-state index contributed by atoms with van der Waals surface area (Å²) in [4.78, 5) is 44.8. The van der Waals surface area contributed by atoms with Gasteiger partial charge in [0.15, 0.2) is 5.78 Å². The molecule has 2 aromatic rings. The Morgan fingerprint density at radius 1 is 1.00 bits per heavy atom. The van der Waals surface area contributed by atoms with Crippen LogP contribution in [0.1, 0.15) is 34.1 Å². The number of benzene rings is 2. The Kier molecular flexibility index (Phi) is 6.15. The second-order valence-electron chi connectivity index (χ2n) is 5.36. The van der Waals surface area contributed by atoms with Gasteiger partial charge < -0.3 is 10.1 Å². The first kappa shape index (κ1) is 18.8. The van der Waals surface area contributed by atoms with Gasteiger partial charge in [0.1, 0.15) is 5.75 Å². The van der Waals surface area contributed by atoms with Crippen molar-refractivity contribution in [2.24, 2.45) is 0 Å². The van der Waals surface area contributed by atoms with Crippen molar-refractivity contribution in [3.05, 3.63) is 69.8 Å². The first-order valence-corrected chi connectivity index (χ1v) is 7.71. The molecule has 0 saturated carbocycles. The first-order valence-electron chi connectivity index (χ1n) is 7.71. The van der Waals surface area contributed by atoms with E-state index in [4.69, 9.17) is 4.74 Å². The maximum absolute atomic E-state index is 11.9. The molecule has 8 heteroatoms. The van der Waals surface area contributed by atoms with Gasteiger partial charge in [-0.1, -0.05) is 0 Å². The lowest BCUT2D eigenvalue weighted by Gasteiger charge is -2.06. The standard InChI is InChI=1S/C18H16N2O6/c1-12(21)13-4-8-16(9-5-13)26-17(22)10-11-19-18(23)14-2-6-15(7-3-14)20(24)25/h2-9H,10-11H2,1H3,(H,19,23). The highest BCUT2D eigenvalue weighted by Gasteiger charge is 2.11. The Morgan fingerprint density at radius 3 is 2.12 bits per heavy atom. The second kappa shape index (κ2) is 8.52. The van der Waals surface area contributed by atoms with Gasteiger partial charge >= 0.3 is 5.97 Å². The average Bonchev–Trinajstić information content (AvgIpc) is 2.62. The van der Waals surface area contributed by atoms with Crippen LogP contribution in [-0.4, -0.2) is 29.1 Å². The van der Waals surface area contributed by atoms with Crippen LogP contribution >= 0.6 is 0 Å². The van der Waals surface area contributed by atoms with Crippen LogP contribution in [0.5, 0.6) is 5.75 Å². The van der Waals surface area contributed by atoms with Crippen molar-refractivity contribution in [2.75, 3.05) is 6.54 Å². The molecule has 0 aliphatic carbocycles. The fraction of sp³-hybridized carbons (Fsp3) is 0.167. The smallest absolute Gasteiger partial charge is 0.312 e. The van der Waals surface area contributed by atoms with Crippen molar-refractivity contribution >= 4 is 23.3 Å². The van der Waals surface area contributed by atoms with E-state index in [9.17, 15) is 24.5 Å². The van der Waals surface area contributed by atoms with Gasteiger partial charge in [-0.15, -0.1) is 0 Å². The number of carbonyl (C=O) groups excluding carboxylic acids is 3.